The lowest BCUT2D eigenvalue weighted by molar-refractivity contribution is -0.909. The zero-order valence-corrected chi connectivity index (χ0v) is 17.0. The highest BCUT2D eigenvalue weighted by Crippen LogP contribution is 2.31. The summed E-state index contributed by atoms with van der Waals surface area (Å²) in [6.45, 7) is 10.6. The van der Waals surface area contributed by atoms with Gasteiger partial charge in [0.2, 0.25) is 0 Å². The smallest absolute Gasteiger partial charge is 0.170 e. The van der Waals surface area contributed by atoms with Gasteiger partial charge in [0.05, 0.1) is 38.5 Å². The predicted octanol–water partition coefficient (Wildman–Crippen LogP) is 1.03. The van der Waals surface area contributed by atoms with Crippen molar-refractivity contribution >= 4 is 0 Å². The summed E-state index contributed by atoms with van der Waals surface area (Å²) >= 11 is 0. The number of morpholine rings is 1. The number of para-hydroxylation sites is 1. The van der Waals surface area contributed by atoms with Crippen LogP contribution in [0.5, 0.6) is 11.5 Å². The lowest BCUT2D eigenvalue weighted by Crippen LogP contribution is -3.14. The van der Waals surface area contributed by atoms with E-state index in [0.29, 0.717) is 13.2 Å². The normalized spacial score (nSPS) is 14.8. The molecule has 28 heavy (non-hydrogen) atoms. The molecule has 0 aromatic heterocycles. The van der Waals surface area contributed by atoms with Crippen LogP contribution in [0.25, 0.3) is 0 Å². The second-order valence-electron chi connectivity index (χ2n) is 7.20. The molecule has 1 aliphatic heterocycles. The number of ether oxygens (including phenoxy) is 3. The summed E-state index contributed by atoms with van der Waals surface area (Å²) in [7, 11) is 0. The Morgan fingerprint density at radius 3 is 2.61 bits per heavy atom. The lowest BCUT2D eigenvalue weighted by atomic mass is 10.1. The molecule has 1 heterocycles. The Morgan fingerprint density at radius 2 is 1.82 bits per heavy atom. The maximum absolute atomic E-state index is 6.20. The summed E-state index contributed by atoms with van der Waals surface area (Å²) in [5.41, 5.74) is 2.36. The number of nitrogens with two attached hydrogens (primary N) is 1. The van der Waals surface area contributed by atoms with Crippen LogP contribution in [-0.4, -0.2) is 46.0 Å². The minimum atomic E-state index is 0.554. The molecule has 1 aliphatic rings. The van der Waals surface area contributed by atoms with Crippen molar-refractivity contribution < 1.29 is 24.4 Å². The van der Waals surface area contributed by atoms with Crippen molar-refractivity contribution in [2.75, 3.05) is 46.0 Å². The molecule has 0 aliphatic carbocycles. The Morgan fingerprint density at radius 1 is 1.00 bits per heavy atom. The van der Waals surface area contributed by atoms with E-state index in [2.05, 4.69) is 29.6 Å². The standard InChI is InChI=1S/C23H32N2O3/c1-2-27-22-11-6-10-21(23(22)28-19-20-8-4-3-5-9-20)18-24-12-7-13-25-14-16-26-17-15-25/h3-6,8-11,24H,2,7,12-19H2,1H3/p+2. The second kappa shape index (κ2) is 11.7. The van der Waals surface area contributed by atoms with Gasteiger partial charge in [-0.25, -0.2) is 0 Å². The fourth-order valence-electron chi connectivity index (χ4n) is 3.55. The zero-order valence-electron chi connectivity index (χ0n) is 17.0. The van der Waals surface area contributed by atoms with E-state index in [4.69, 9.17) is 14.2 Å². The van der Waals surface area contributed by atoms with E-state index in [-0.39, 0.29) is 0 Å². The summed E-state index contributed by atoms with van der Waals surface area (Å²) in [6.07, 6.45) is 1.22. The van der Waals surface area contributed by atoms with Gasteiger partial charge in [-0.05, 0) is 24.6 Å². The summed E-state index contributed by atoms with van der Waals surface area (Å²) in [4.78, 5) is 1.67. The number of hydrogen-bond acceptors (Lipinski definition) is 3. The van der Waals surface area contributed by atoms with Crippen LogP contribution in [0.3, 0.4) is 0 Å². The fourth-order valence-corrected chi connectivity index (χ4v) is 3.55. The molecule has 152 valence electrons. The number of nitrogens with one attached hydrogen (secondary N) is 1. The van der Waals surface area contributed by atoms with E-state index in [9.17, 15) is 0 Å². The lowest BCUT2D eigenvalue weighted by Gasteiger charge is -2.23. The van der Waals surface area contributed by atoms with Crippen LogP contribution in [0.4, 0.5) is 0 Å². The third-order valence-electron chi connectivity index (χ3n) is 5.09. The Kier molecular flexibility index (Phi) is 8.62. The molecule has 3 N–H and O–H groups in total. The van der Waals surface area contributed by atoms with Crippen LogP contribution >= 0.6 is 0 Å². The molecule has 5 nitrogen and oxygen atoms in total. The van der Waals surface area contributed by atoms with E-state index >= 15 is 0 Å². The molecule has 0 bridgehead atoms. The average Bonchev–Trinajstić information content (AvgIpc) is 2.74. The monoisotopic (exact) mass is 386 g/mol. The molecule has 0 radical (unpaired) electrons. The van der Waals surface area contributed by atoms with Crippen LogP contribution in [-0.2, 0) is 17.9 Å². The average molecular weight is 387 g/mol. The summed E-state index contributed by atoms with van der Waals surface area (Å²) in [5.74, 6) is 1.71. The van der Waals surface area contributed by atoms with E-state index in [1.165, 1.54) is 18.5 Å². The Labute approximate surface area is 168 Å². The van der Waals surface area contributed by atoms with Crippen LogP contribution in [0.15, 0.2) is 48.5 Å². The van der Waals surface area contributed by atoms with E-state index in [0.717, 1.165) is 56.5 Å². The second-order valence-corrected chi connectivity index (χ2v) is 7.20. The Bertz CT molecular complexity index is 688. The van der Waals surface area contributed by atoms with Crippen molar-refractivity contribution in [1.82, 2.24) is 0 Å². The molecule has 5 heteroatoms. The van der Waals surface area contributed by atoms with Gasteiger partial charge in [0.15, 0.2) is 11.5 Å². The summed E-state index contributed by atoms with van der Waals surface area (Å²) in [6, 6.07) is 16.5. The van der Waals surface area contributed by atoms with Crippen molar-refractivity contribution in [2.45, 2.75) is 26.5 Å². The topological polar surface area (TPSA) is 48.7 Å². The van der Waals surface area contributed by atoms with Crippen LogP contribution in [0, 0.1) is 0 Å². The van der Waals surface area contributed by atoms with Crippen molar-refractivity contribution in [3.05, 3.63) is 59.7 Å². The van der Waals surface area contributed by atoms with E-state index < -0.39 is 0 Å². The Balaban J connectivity index is 1.52. The van der Waals surface area contributed by atoms with Gasteiger partial charge in [0.25, 0.3) is 0 Å². The first-order chi connectivity index (χ1) is 13.9. The van der Waals surface area contributed by atoms with Crippen molar-refractivity contribution in [1.29, 1.82) is 0 Å². The van der Waals surface area contributed by atoms with Gasteiger partial charge in [-0.1, -0.05) is 36.4 Å². The molecule has 1 saturated heterocycles. The quantitative estimate of drug-likeness (QED) is 0.567. The van der Waals surface area contributed by atoms with Crippen LogP contribution < -0.4 is 19.7 Å². The largest absolute Gasteiger partial charge is 0.490 e. The third kappa shape index (κ3) is 6.51. The molecule has 3 rings (SSSR count). The zero-order chi connectivity index (χ0) is 19.4. The maximum atomic E-state index is 6.20. The number of benzene rings is 2. The molecular weight excluding hydrogens is 352 g/mol. The van der Waals surface area contributed by atoms with Crippen LogP contribution in [0.1, 0.15) is 24.5 Å². The highest BCUT2D eigenvalue weighted by molar-refractivity contribution is 5.46. The molecule has 0 amide bonds. The highest BCUT2D eigenvalue weighted by atomic mass is 16.5. The first-order valence-corrected chi connectivity index (χ1v) is 10.5. The predicted molar refractivity (Wildman–Crippen MR) is 110 cm³/mol. The van der Waals surface area contributed by atoms with Gasteiger partial charge < -0.3 is 24.4 Å². The molecule has 0 unspecified atom stereocenters. The minimum Gasteiger partial charge on any atom is -0.490 e. The van der Waals surface area contributed by atoms with Gasteiger partial charge in [-0.15, -0.1) is 0 Å². The third-order valence-corrected chi connectivity index (χ3v) is 5.09. The molecule has 2 aromatic rings. The SMILES string of the molecule is CCOc1cccc(C[NH2+]CCC[NH+]2CCOCC2)c1OCc1ccccc1. The van der Waals surface area contributed by atoms with E-state index in [1.807, 2.05) is 31.2 Å². The number of rotatable bonds is 11. The molecule has 0 spiro atoms. The molecular formula is C23H34N2O3+2. The summed E-state index contributed by atoms with van der Waals surface area (Å²) < 4.78 is 17.4. The number of hydrogen-bond donors (Lipinski definition) is 2. The van der Waals surface area contributed by atoms with Gasteiger partial charge in [-0.2, -0.15) is 0 Å². The first-order valence-electron chi connectivity index (χ1n) is 10.5. The minimum absolute atomic E-state index is 0.554. The van der Waals surface area contributed by atoms with Gasteiger partial charge in [0.1, 0.15) is 26.2 Å². The first kappa shape index (κ1) is 20.6. The maximum Gasteiger partial charge on any atom is 0.170 e. The molecule has 0 saturated carbocycles. The van der Waals surface area contributed by atoms with Crippen molar-refractivity contribution in [3.63, 3.8) is 0 Å². The van der Waals surface area contributed by atoms with Gasteiger partial charge in [-0.3, -0.25) is 0 Å². The van der Waals surface area contributed by atoms with Crippen LogP contribution in [0.2, 0.25) is 0 Å². The number of quaternary nitrogens is 2. The highest BCUT2D eigenvalue weighted by Gasteiger charge is 2.15. The Hall–Kier alpha value is -2.08. The van der Waals surface area contributed by atoms with Gasteiger partial charge in [0, 0.05) is 6.42 Å². The van der Waals surface area contributed by atoms with Crippen molar-refractivity contribution in [3.8, 4) is 11.5 Å². The molecule has 0 atom stereocenters. The van der Waals surface area contributed by atoms with Crippen molar-refractivity contribution in [2.24, 2.45) is 0 Å². The molecule has 2 aromatic carbocycles. The van der Waals surface area contributed by atoms with E-state index in [1.54, 1.807) is 4.90 Å². The van der Waals surface area contributed by atoms with Gasteiger partial charge >= 0.3 is 0 Å². The summed E-state index contributed by atoms with van der Waals surface area (Å²) in [5, 5.41) is 2.38. The molecule has 1 fully saturated rings. The fraction of sp³-hybridized carbons (Fsp3) is 0.478.